The predicted octanol–water partition coefficient (Wildman–Crippen LogP) is 2.60. The van der Waals surface area contributed by atoms with Crippen molar-refractivity contribution in [2.24, 2.45) is 5.92 Å². The summed E-state index contributed by atoms with van der Waals surface area (Å²) < 4.78 is 0. The third-order valence-corrected chi connectivity index (χ3v) is 3.85. The summed E-state index contributed by atoms with van der Waals surface area (Å²) in [6.07, 6.45) is 2.16. The van der Waals surface area contributed by atoms with Gasteiger partial charge in [-0.15, -0.1) is 0 Å². The molecule has 2 atom stereocenters. The SMILES string of the molecule is CCNC(CN1CCCC(C)C1=O)c1ccccc1. The highest BCUT2D eigenvalue weighted by Gasteiger charge is 2.27. The molecule has 3 nitrogen and oxygen atoms in total. The number of benzene rings is 1. The molecule has 1 aromatic rings. The summed E-state index contributed by atoms with van der Waals surface area (Å²) >= 11 is 0. The van der Waals surface area contributed by atoms with Crippen molar-refractivity contribution in [3.05, 3.63) is 35.9 Å². The summed E-state index contributed by atoms with van der Waals surface area (Å²) in [5, 5.41) is 3.49. The van der Waals surface area contributed by atoms with E-state index in [1.165, 1.54) is 5.56 Å². The monoisotopic (exact) mass is 260 g/mol. The molecule has 104 valence electrons. The van der Waals surface area contributed by atoms with Crippen molar-refractivity contribution in [2.45, 2.75) is 32.7 Å². The molecule has 1 amide bonds. The van der Waals surface area contributed by atoms with Crippen molar-refractivity contribution in [2.75, 3.05) is 19.6 Å². The van der Waals surface area contributed by atoms with Crippen molar-refractivity contribution in [1.29, 1.82) is 0 Å². The average molecular weight is 260 g/mol. The van der Waals surface area contributed by atoms with Crippen LogP contribution in [0.2, 0.25) is 0 Å². The molecule has 1 aliphatic heterocycles. The zero-order chi connectivity index (χ0) is 13.7. The molecule has 1 N–H and O–H groups in total. The molecule has 2 unspecified atom stereocenters. The van der Waals surface area contributed by atoms with Gasteiger partial charge in [-0.1, -0.05) is 44.2 Å². The maximum Gasteiger partial charge on any atom is 0.225 e. The van der Waals surface area contributed by atoms with E-state index in [2.05, 4.69) is 36.5 Å². The number of nitrogens with zero attached hydrogens (tertiary/aromatic N) is 1. The van der Waals surface area contributed by atoms with Gasteiger partial charge in [-0.05, 0) is 24.9 Å². The van der Waals surface area contributed by atoms with E-state index < -0.39 is 0 Å². The summed E-state index contributed by atoms with van der Waals surface area (Å²) in [6, 6.07) is 10.6. The van der Waals surface area contributed by atoms with Crippen LogP contribution >= 0.6 is 0 Å². The van der Waals surface area contributed by atoms with Crippen LogP contribution in [0.25, 0.3) is 0 Å². The molecule has 0 aliphatic carbocycles. The molecule has 2 rings (SSSR count). The van der Waals surface area contributed by atoms with Crippen LogP contribution in [0.5, 0.6) is 0 Å². The number of likely N-dealkylation sites (tertiary alicyclic amines) is 1. The first kappa shape index (κ1) is 14.1. The lowest BCUT2D eigenvalue weighted by Gasteiger charge is -2.34. The zero-order valence-electron chi connectivity index (χ0n) is 11.9. The van der Waals surface area contributed by atoms with Crippen LogP contribution < -0.4 is 5.32 Å². The fourth-order valence-corrected chi connectivity index (χ4v) is 2.75. The second-order valence-electron chi connectivity index (χ2n) is 5.35. The molecule has 0 radical (unpaired) electrons. The molecule has 1 heterocycles. The highest BCUT2D eigenvalue weighted by Crippen LogP contribution is 2.21. The molecule has 1 aliphatic rings. The molecule has 0 bridgehead atoms. The topological polar surface area (TPSA) is 32.3 Å². The maximum absolute atomic E-state index is 12.2. The first-order valence-electron chi connectivity index (χ1n) is 7.29. The summed E-state index contributed by atoms with van der Waals surface area (Å²) in [4.78, 5) is 14.2. The van der Waals surface area contributed by atoms with E-state index in [0.29, 0.717) is 5.91 Å². The number of carbonyl (C=O) groups is 1. The minimum Gasteiger partial charge on any atom is -0.341 e. The Balaban J connectivity index is 2.06. The van der Waals surface area contributed by atoms with Gasteiger partial charge < -0.3 is 10.2 Å². The number of rotatable bonds is 5. The fraction of sp³-hybridized carbons (Fsp3) is 0.562. The molecule has 1 aromatic carbocycles. The minimum atomic E-state index is 0.187. The molecule has 3 heteroatoms. The van der Waals surface area contributed by atoms with Gasteiger partial charge >= 0.3 is 0 Å². The van der Waals surface area contributed by atoms with Gasteiger partial charge in [-0.3, -0.25) is 4.79 Å². The quantitative estimate of drug-likeness (QED) is 0.882. The van der Waals surface area contributed by atoms with Gasteiger partial charge in [0.15, 0.2) is 0 Å². The Morgan fingerprint density at radius 1 is 1.37 bits per heavy atom. The van der Waals surface area contributed by atoms with Gasteiger partial charge in [0.25, 0.3) is 0 Å². The smallest absolute Gasteiger partial charge is 0.225 e. The van der Waals surface area contributed by atoms with Crippen molar-refractivity contribution in [3.63, 3.8) is 0 Å². The molecular weight excluding hydrogens is 236 g/mol. The maximum atomic E-state index is 12.2. The lowest BCUT2D eigenvalue weighted by Crippen LogP contribution is -2.44. The second kappa shape index (κ2) is 6.71. The van der Waals surface area contributed by atoms with Gasteiger partial charge in [0, 0.05) is 25.0 Å². The van der Waals surface area contributed by atoms with E-state index in [1.807, 2.05) is 17.9 Å². The van der Waals surface area contributed by atoms with E-state index in [1.54, 1.807) is 0 Å². The van der Waals surface area contributed by atoms with Gasteiger partial charge in [0.2, 0.25) is 5.91 Å². The molecule has 0 spiro atoms. The van der Waals surface area contributed by atoms with Crippen LogP contribution in [0.1, 0.15) is 38.3 Å². The van der Waals surface area contributed by atoms with E-state index in [9.17, 15) is 4.79 Å². The molecule has 1 saturated heterocycles. The first-order valence-corrected chi connectivity index (χ1v) is 7.29. The Labute approximate surface area is 116 Å². The second-order valence-corrected chi connectivity index (χ2v) is 5.35. The Morgan fingerprint density at radius 2 is 2.11 bits per heavy atom. The lowest BCUT2D eigenvalue weighted by molar-refractivity contribution is -0.138. The van der Waals surface area contributed by atoms with Crippen LogP contribution in [0.3, 0.4) is 0 Å². The zero-order valence-corrected chi connectivity index (χ0v) is 11.9. The van der Waals surface area contributed by atoms with Crippen molar-refractivity contribution in [3.8, 4) is 0 Å². The standard InChI is InChI=1S/C16H24N2O/c1-3-17-15(14-9-5-4-6-10-14)12-18-11-7-8-13(2)16(18)19/h4-6,9-10,13,15,17H,3,7-8,11-12H2,1-2H3. The normalized spacial score (nSPS) is 21.5. The molecule has 19 heavy (non-hydrogen) atoms. The number of nitrogens with one attached hydrogen (secondary N) is 1. The number of hydrogen-bond acceptors (Lipinski definition) is 2. The number of hydrogen-bond donors (Lipinski definition) is 1. The van der Waals surface area contributed by atoms with Crippen LogP contribution in [0, 0.1) is 5.92 Å². The van der Waals surface area contributed by atoms with Crippen molar-refractivity contribution in [1.82, 2.24) is 10.2 Å². The molecule has 1 fully saturated rings. The Bertz CT molecular complexity index is 404. The van der Waals surface area contributed by atoms with Gasteiger partial charge in [-0.2, -0.15) is 0 Å². The average Bonchev–Trinajstić information content (AvgIpc) is 2.44. The number of carbonyl (C=O) groups excluding carboxylic acids is 1. The van der Waals surface area contributed by atoms with E-state index in [0.717, 1.165) is 32.5 Å². The van der Waals surface area contributed by atoms with Crippen LogP contribution in [0.4, 0.5) is 0 Å². The highest BCUT2D eigenvalue weighted by molar-refractivity contribution is 5.79. The lowest BCUT2D eigenvalue weighted by atomic mass is 9.97. The summed E-state index contributed by atoms with van der Waals surface area (Å²) in [6.45, 7) is 6.74. The molecular formula is C16H24N2O. The molecule has 0 aromatic heterocycles. The Morgan fingerprint density at radius 3 is 2.79 bits per heavy atom. The fourth-order valence-electron chi connectivity index (χ4n) is 2.75. The van der Waals surface area contributed by atoms with E-state index >= 15 is 0 Å². The van der Waals surface area contributed by atoms with Crippen LogP contribution in [-0.2, 0) is 4.79 Å². The first-order chi connectivity index (χ1) is 9.22. The third kappa shape index (κ3) is 3.57. The highest BCUT2D eigenvalue weighted by atomic mass is 16.2. The van der Waals surface area contributed by atoms with Crippen LogP contribution in [0.15, 0.2) is 30.3 Å². The van der Waals surface area contributed by atoms with Crippen molar-refractivity contribution < 1.29 is 4.79 Å². The third-order valence-electron chi connectivity index (χ3n) is 3.85. The summed E-state index contributed by atoms with van der Waals surface area (Å²) in [5.41, 5.74) is 1.26. The van der Waals surface area contributed by atoms with E-state index in [-0.39, 0.29) is 12.0 Å². The number of piperidine rings is 1. The summed E-state index contributed by atoms with van der Waals surface area (Å²) in [5.74, 6) is 0.497. The van der Waals surface area contributed by atoms with Gasteiger partial charge in [-0.25, -0.2) is 0 Å². The van der Waals surface area contributed by atoms with Gasteiger partial charge in [0.1, 0.15) is 0 Å². The van der Waals surface area contributed by atoms with E-state index in [4.69, 9.17) is 0 Å². The predicted molar refractivity (Wildman–Crippen MR) is 77.8 cm³/mol. The largest absolute Gasteiger partial charge is 0.341 e. The number of amides is 1. The molecule has 0 saturated carbocycles. The van der Waals surface area contributed by atoms with Crippen LogP contribution in [-0.4, -0.2) is 30.4 Å². The Kier molecular flexibility index (Phi) is 4.97. The summed E-state index contributed by atoms with van der Waals surface area (Å²) in [7, 11) is 0. The number of likely N-dealkylation sites (N-methyl/N-ethyl adjacent to an activating group) is 1. The van der Waals surface area contributed by atoms with Gasteiger partial charge in [0.05, 0.1) is 0 Å². The van der Waals surface area contributed by atoms with Crippen molar-refractivity contribution >= 4 is 5.91 Å². The minimum absolute atomic E-state index is 0.187. The Hall–Kier alpha value is -1.35.